The van der Waals surface area contributed by atoms with E-state index in [4.69, 9.17) is 31.5 Å². The van der Waals surface area contributed by atoms with E-state index in [0.717, 1.165) is 0 Å². The van der Waals surface area contributed by atoms with E-state index in [9.17, 15) is 0 Å². The Balaban J connectivity index is 2.20. The van der Waals surface area contributed by atoms with Crippen molar-refractivity contribution in [2.45, 2.75) is 6.61 Å². The van der Waals surface area contributed by atoms with E-state index >= 15 is 0 Å². The van der Waals surface area contributed by atoms with Crippen molar-refractivity contribution in [1.82, 2.24) is 4.98 Å². The molecule has 0 unspecified atom stereocenters. The monoisotopic (exact) mass is 294 g/mol. The van der Waals surface area contributed by atoms with Crippen LogP contribution >= 0.6 is 11.6 Å². The lowest BCUT2D eigenvalue weighted by molar-refractivity contribution is 0.285. The molecule has 1 aromatic carbocycles. The molecule has 0 aliphatic heterocycles. The van der Waals surface area contributed by atoms with Crippen molar-refractivity contribution in [2.24, 2.45) is 0 Å². The Morgan fingerprint density at radius 2 is 1.95 bits per heavy atom. The van der Waals surface area contributed by atoms with E-state index in [1.165, 1.54) is 0 Å². The van der Waals surface area contributed by atoms with Crippen molar-refractivity contribution in [3.8, 4) is 17.2 Å². The van der Waals surface area contributed by atoms with Crippen molar-refractivity contribution in [1.29, 1.82) is 0 Å². The molecule has 2 aromatic rings. The third kappa shape index (κ3) is 3.05. The highest BCUT2D eigenvalue weighted by Crippen LogP contribution is 2.31. The molecule has 2 rings (SSSR count). The number of pyridine rings is 1. The Labute approximate surface area is 122 Å². The zero-order valence-electron chi connectivity index (χ0n) is 11.2. The van der Waals surface area contributed by atoms with Crippen LogP contribution in [-0.2, 0) is 6.61 Å². The highest BCUT2D eigenvalue weighted by atomic mass is 35.5. The zero-order chi connectivity index (χ0) is 14.5. The van der Waals surface area contributed by atoms with Gasteiger partial charge in [-0.1, -0.05) is 11.6 Å². The summed E-state index contributed by atoms with van der Waals surface area (Å²) in [4.78, 5) is 4.22. The van der Waals surface area contributed by atoms with E-state index in [0.29, 0.717) is 33.7 Å². The number of nitrogens with two attached hydrogens (primary N) is 1. The second-order valence-electron chi connectivity index (χ2n) is 3.97. The summed E-state index contributed by atoms with van der Waals surface area (Å²) in [5.74, 6) is 1.63. The smallest absolute Gasteiger partial charge is 0.185 e. The molecule has 0 spiro atoms. The number of hydrogen-bond donors (Lipinski definition) is 1. The molecule has 0 radical (unpaired) electrons. The minimum Gasteiger partial charge on any atom is -0.493 e. The van der Waals surface area contributed by atoms with Gasteiger partial charge in [-0.25, -0.2) is 0 Å². The van der Waals surface area contributed by atoms with Crippen LogP contribution in [0.25, 0.3) is 0 Å². The van der Waals surface area contributed by atoms with E-state index in [1.54, 1.807) is 44.7 Å². The first-order valence-corrected chi connectivity index (χ1v) is 6.27. The quantitative estimate of drug-likeness (QED) is 0.859. The fourth-order valence-electron chi connectivity index (χ4n) is 1.73. The van der Waals surface area contributed by atoms with Crippen LogP contribution in [0.1, 0.15) is 5.69 Å². The highest BCUT2D eigenvalue weighted by molar-refractivity contribution is 6.32. The Kier molecular flexibility index (Phi) is 4.53. The fourth-order valence-corrected chi connectivity index (χ4v) is 1.90. The Bertz CT molecular complexity index is 605. The van der Waals surface area contributed by atoms with Gasteiger partial charge in [0, 0.05) is 24.0 Å². The van der Waals surface area contributed by atoms with Crippen molar-refractivity contribution >= 4 is 17.3 Å². The first-order chi connectivity index (χ1) is 9.65. The number of halogens is 1. The number of aromatic nitrogens is 1. The Morgan fingerprint density at radius 1 is 1.15 bits per heavy atom. The minimum absolute atomic E-state index is 0.198. The van der Waals surface area contributed by atoms with E-state index < -0.39 is 0 Å². The molecule has 6 heteroatoms. The maximum absolute atomic E-state index is 6.04. The average molecular weight is 295 g/mol. The molecule has 1 aromatic heterocycles. The molecule has 2 N–H and O–H groups in total. The van der Waals surface area contributed by atoms with Crippen LogP contribution in [0.2, 0.25) is 5.02 Å². The Hall–Kier alpha value is -2.14. The first-order valence-electron chi connectivity index (χ1n) is 5.89. The van der Waals surface area contributed by atoms with E-state index in [-0.39, 0.29) is 6.61 Å². The number of rotatable bonds is 5. The van der Waals surface area contributed by atoms with Gasteiger partial charge in [0.1, 0.15) is 18.1 Å². The summed E-state index contributed by atoms with van der Waals surface area (Å²) in [5, 5.41) is 0.487. The lowest BCUT2D eigenvalue weighted by Gasteiger charge is -2.13. The van der Waals surface area contributed by atoms with E-state index in [1.807, 2.05) is 0 Å². The molecule has 0 aliphatic carbocycles. The number of nitrogens with zero attached hydrogens (tertiary/aromatic N) is 1. The topological polar surface area (TPSA) is 66.6 Å². The molecule has 0 bridgehead atoms. The third-order valence-electron chi connectivity index (χ3n) is 2.69. The number of benzene rings is 1. The summed E-state index contributed by atoms with van der Waals surface area (Å²) >= 11 is 6.04. The summed E-state index contributed by atoms with van der Waals surface area (Å²) in [6, 6.07) is 6.77. The van der Waals surface area contributed by atoms with Crippen LogP contribution in [0, 0.1) is 0 Å². The second kappa shape index (κ2) is 6.34. The summed E-state index contributed by atoms with van der Waals surface area (Å²) in [6.45, 7) is 0.198. The van der Waals surface area contributed by atoms with E-state index in [2.05, 4.69) is 4.98 Å². The number of anilines is 1. The maximum atomic E-state index is 6.04. The standard InChI is InChI=1S/C14H15ClN2O3/c1-18-12-5-6-17-11(14(12)19-2)8-20-13-7-9(16)3-4-10(13)15/h3-7H,8,16H2,1-2H3. The number of hydrogen-bond acceptors (Lipinski definition) is 5. The highest BCUT2D eigenvalue weighted by Gasteiger charge is 2.12. The van der Waals surface area contributed by atoms with Crippen LogP contribution in [0.5, 0.6) is 17.2 Å². The molecule has 0 saturated carbocycles. The van der Waals surface area contributed by atoms with Crippen LogP contribution in [-0.4, -0.2) is 19.2 Å². The largest absolute Gasteiger partial charge is 0.493 e. The van der Waals surface area contributed by atoms with Gasteiger partial charge in [0.2, 0.25) is 0 Å². The molecule has 0 aliphatic rings. The van der Waals surface area contributed by atoms with Crippen molar-refractivity contribution < 1.29 is 14.2 Å². The van der Waals surface area contributed by atoms with Crippen LogP contribution in [0.4, 0.5) is 5.69 Å². The molecule has 106 valence electrons. The summed E-state index contributed by atoms with van der Waals surface area (Å²) < 4.78 is 16.1. The zero-order valence-corrected chi connectivity index (χ0v) is 12.0. The van der Waals surface area contributed by atoms with Gasteiger partial charge in [0.15, 0.2) is 11.5 Å². The molecule has 20 heavy (non-hydrogen) atoms. The predicted octanol–water partition coefficient (Wildman–Crippen LogP) is 2.91. The van der Waals surface area contributed by atoms with Gasteiger partial charge < -0.3 is 19.9 Å². The van der Waals surface area contributed by atoms with Gasteiger partial charge in [0.05, 0.1) is 19.2 Å². The predicted molar refractivity (Wildman–Crippen MR) is 77.5 cm³/mol. The number of methoxy groups -OCH3 is 2. The minimum atomic E-state index is 0.198. The van der Waals surface area contributed by atoms with Gasteiger partial charge in [-0.3, -0.25) is 4.98 Å². The first kappa shape index (κ1) is 14.3. The molecular weight excluding hydrogens is 280 g/mol. The van der Waals surface area contributed by atoms with Crippen molar-refractivity contribution in [3.63, 3.8) is 0 Å². The van der Waals surface area contributed by atoms with Crippen LogP contribution in [0.15, 0.2) is 30.5 Å². The summed E-state index contributed by atoms with van der Waals surface area (Å²) in [6.07, 6.45) is 1.63. The Morgan fingerprint density at radius 3 is 2.65 bits per heavy atom. The molecular formula is C14H15ClN2O3. The lowest BCUT2D eigenvalue weighted by atomic mass is 10.3. The lowest BCUT2D eigenvalue weighted by Crippen LogP contribution is -2.03. The molecule has 0 saturated heterocycles. The third-order valence-corrected chi connectivity index (χ3v) is 3.00. The molecule has 0 atom stereocenters. The summed E-state index contributed by atoms with van der Waals surface area (Å²) in [5.41, 5.74) is 6.89. The number of ether oxygens (including phenoxy) is 3. The molecule has 0 fully saturated rings. The fraction of sp³-hybridized carbons (Fsp3) is 0.214. The van der Waals surface area contributed by atoms with Crippen molar-refractivity contribution in [3.05, 3.63) is 41.2 Å². The van der Waals surface area contributed by atoms with Gasteiger partial charge >= 0.3 is 0 Å². The normalized spacial score (nSPS) is 10.2. The maximum Gasteiger partial charge on any atom is 0.185 e. The number of nitrogen functional groups attached to an aromatic ring is 1. The van der Waals surface area contributed by atoms with Gasteiger partial charge in [-0.05, 0) is 12.1 Å². The molecule has 5 nitrogen and oxygen atoms in total. The van der Waals surface area contributed by atoms with Gasteiger partial charge in [-0.2, -0.15) is 0 Å². The SMILES string of the molecule is COc1ccnc(COc2cc(N)ccc2Cl)c1OC. The van der Waals surface area contributed by atoms with Gasteiger partial charge in [0.25, 0.3) is 0 Å². The van der Waals surface area contributed by atoms with Gasteiger partial charge in [-0.15, -0.1) is 0 Å². The van der Waals surface area contributed by atoms with Crippen LogP contribution in [0.3, 0.4) is 0 Å². The second-order valence-corrected chi connectivity index (χ2v) is 4.38. The van der Waals surface area contributed by atoms with Crippen molar-refractivity contribution in [2.75, 3.05) is 20.0 Å². The summed E-state index contributed by atoms with van der Waals surface area (Å²) in [7, 11) is 3.12. The average Bonchev–Trinajstić information content (AvgIpc) is 2.47. The molecule has 1 heterocycles. The van der Waals surface area contributed by atoms with Crippen LogP contribution < -0.4 is 19.9 Å². The molecule has 0 amide bonds.